The maximum Gasteiger partial charge on any atom is 0.278 e. The van der Waals surface area contributed by atoms with E-state index < -0.39 is 4.92 Å². The molecule has 1 N–H and O–H groups in total. The number of phenolic OH excluding ortho intramolecular Hbond substituents is 1. The Kier molecular flexibility index (Phi) is 3.17. The van der Waals surface area contributed by atoms with E-state index >= 15 is 0 Å². The van der Waals surface area contributed by atoms with E-state index in [1.807, 2.05) is 54.6 Å². The Hall–Kier alpha value is -3.40. The molecule has 4 aromatic carbocycles. The van der Waals surface area contributed by atoms with Crippen LogP contribution in [0.3, 0.4) is 0 Å². The number of hydrogen-bond donors (Lipinski definition) is 1. The topological polar surface area (TPSA) is 63.4 Å². The number of fused-ring (bicyclic) bond motifs is 2. The van der Waals surface area contributed by atoms with Crippen molar-refractivity contribution in [2.45, 2.75) is 0 Å². The van der Waals surface area contributed by atoms with Crippen molar-refractivity contribution in [1.82, 2.24) is 0 Å². The van der Waals surface area contributed by atoms with Crippen LogP contribution in [0.15, 0.2) is 72.8 Å². The molecule has 0 saturated carbocycles. The van der Waals surface area contributed by atoms with Crippen LogP contribution in [0.4, 0.5) is 5.69 Å². The summed E-state index contributed by atoms with van der Waals surface area (Å²) >= 11 is 0. The number of nitro groups is 1. The first kappa shape index (κ1) is 14.2. The number of nitro benzene ring substituents is 1. The van der Waals surface area contributed by atoms with E-state index in [9.17, 15) is 15.2 Å². The first-order valence-corrected chi connectivity index (χ1v) is 7.54. The van der Waals surface area contributed by atoms with Gasteiger partial charge in [0, 0.05) is 11.6 Å². The Balaban J connectivity index is 2.23. The van der Waals surface area contributed by atoms with E-state index in [0.29, 0.717) is 11.1 Å². The van der Waals surface area contributed by atoms with Crippen molar-refractivity contribution >= 4 is 27.2 Å². The minimum Gasteiger partial charge on any atom is -0.507 e. The van der Waals surface area contributed by atoms with E-state index in [4.69, 9.17) is 0 Å². The van der Waals surface area contributed by atoms with Crippen LogP contribution in [0.5, 0.6) is 5.75 Å². The summed E-state index contributed by atoms with van der Waals surface area (Å²) in [6, 6.07) is 21.7. The average molecular weight is 315 g/mol. The van der Waals surface area contributed by atoms with E-state index in [2.05, 4.69) is 0 Å². The zero-order valence-electron chi connectivity index (χ0n) is 12.6. The Morgan fingerprint density at radius 3 is 1.88 bits per heavy atom. The van der Waals surface area contributed by atoms with Crippen LogP contribution in [0.1, 0.15) is 0 Å². The molecule has 0 aliphatic heterocycles. The van der Waals surface area contributed by atoms with Crippen LogP contribution in [0.25, 0.3) is 32.7 Å². The lowest BCUT2D eigenvalue weighted by Gasteiger charge is -2.12. The Morgan fingerprint density at radius 2 is 1.25 bits per heavy atom. The van der Waals surface area contributed by atoms with Gasteiger partial charge in [0.15, 0.2) is 0 Å². The van der Waals surface area contributed by atoms with Gasteiger partial charge < -0.3 is 5.11 Å². The average Bonchev–Trinajstić information content (AvgIpc) is 2.61. The molecule has 0 atom stereocenters. The van der Waals surface area contributed by atoms with Crippen molar-refractivity contribution in [1.29, 1.82) is 0 Å². The van der Waals surface area contributed by atoms with Gasteiger partial charge >= 0.3 is 0 Å². The zero-order valence-corrected chi connectivity index (χ0v) is 12.6. The third-order valence-electron chi connectivity index (χ3n) is 4.26. The fourth-order valence-corrected chi connectivity index (χ4v) is 3.20. The Labute approximate surface area is 137 Å². The molecule has 0 radical (unpaired) electrons. The first-order valence-electron chi connectivity index (χ1n) is 7.54. The van der Waals surface area contributed by atoms with Crippen LogP contribution >= 0.6 is 0 Å². The van der Waals surface area contributed by atoms with Crippen molar-refractivity contribution < 1.29 is 10.0 Å². The molecule has 4 heteroatoms. The molecule has 0 bridgehead atoms. The predicted molar refractivity (Wildman–Crippen MR) is 95.2 cm³/mol. The molecule has 24 heavy (non-hydrogen) atoms. The number of nitrogens with zero attached hydrogens (tertiary/aromatic N) is 1. The van der Waals surface area contributed by atoms with E-state index in [1.54, 1.807) is 12.1 Å². The van der Waals surface area contributed by atoms with Crippen molar-refractivity contribution in [2.75, 3.05) is 0 Å². The van der Waals surface area contributed by atoms with Gasteiger partial charge in [0.25, 0.3) is 5.69 Å². The molecule has 0 aromatic heterocycles. The number of benzene rings is 4. The molecular weight excluding hydrogens is 302 g/mol. The lowest BCUT2D eigenvalue weighted by molar-refractivity contribution is -0.384. The van der Waals surface area contributed by atoms with Gasteiger partial charge in [-0.1, -0.05) is 54.6 Å². The van der Waals surface area contributed by atoms with Gasteiger partial charge in [-0.3, -0.25) is 10.1 Å². The molecule has 4 nitrogen and oxygen atoms in total. The van der Waals surface area contributed by atoms with Crippen LogP contribution in [0, 0.1) is 10.1 Å². The molecule has 0 unspecified atom stereocenters. The van der Waals surface area contributed by atoms with Crippen LogP contribution in [-0.2, 0) is 0 Å². The molecular formula is C20H13NO3. The minimum atomic E-state index is -0.400. The highest BCUT2D eigenvalue weighted by Crippen LogP contribution is 2.44. The molecule has 0 aliphatic rings. The summed E-state index contributed by atoms with van der Waals surface area (Å²) in [7, 11) is 0. The smallest absolute Gasteiger partial charge is 0.278 e. The summed E-state index contributed by atoms with van der Waals surface area (Å²) in [5.41, 5.74) is 0.935. The van der Waals surface area contributed by atoms with Crippen LogP contribution < -0.4 is 0 Å². The minimum absolute atomic E-state index is 0.0136. The molecule has 0 amide bonds. The molecule has 0 fully saturated rings. The second-order valence-corrected chi connectivity index (χ2v) is 5.62. The van der Waals surface area contributed by atoms with Crippen molar-refractivity contribution in [3.8, 4) is 16.9 Å². The first-order chi connectivity index (χ1) is 11.7. The van der Waals surface area contributed by atoms with E-state index in [-0.39, 0.29) is 11.4 Å². The SMILES string of the molecule is O=[N+]([O-])c1ccc2ccccc2c1-c1c(O)ccc2ccccc12. The monoisotopic (exact) mass is 315 g/mol. The van der Waals surface area contributed by atoms with Gasteiger partial charge in [0.2, 0.25) is 0 Å². The van der Waals surface area contributed by atoms with E-state index in [1.165, 1.54) is 6.07 Å². The van der Waals surface area contributed by atoms with Gasteiger partial charge in [-0.15, -0.1) is 0 Å². The van der Waals surface area contributed by atoms with Gasteiger partial charge in [-0.05, 0) is 33.7 Å². The number of hydrogen-bond acceptors (Lipinski definition) is 3. The van der Waals surface area contributed by atoms with Crippen LogP contribution in [-0.4, -0.2) is 10.0 Å². The second kappa shape index (κ2) is 5.35. The highest BCUT2D eigenvalue weighted by molar-refractivity contribution is 6.10. The fourth-order valence-electron chi connectivity index (χ4n) is 3.20. The van der Waals surface area contributed by atoms with Crippen molar-refractivity contribution in [3.05, 3.63) is 82.9 Å². The predicted octanol–water partition coefficient (Wildman–Crippen LogP) is 5.27. The maximum atomic E-state index is 11.6. The van der Waals surface area contributed by atoms with Crippen molar-refractivity contribution in [3.63, 3.8) is 0 Å². The lowest BCUT2D eigenvalue weighted by Crippen LogP contribution is -1.94. The number of phenols is 1. The Morgan fingerprint density at radius 1 is 0.708 bits per heavy atom. The third kappa shape index (κ3) is 2.08. The highest BCUT2D eigenvalue weighted by Gasteiger charge is 2.22. The summed E-state index contributed by atoms with van der Waals surface area (Å²) in [4.78, 5) is 11.2. The van der Waals surface area contributed by atoms with E-state index in [0.717, 1.165) is 21.5 Å². The van der Waals surface area contributed by atoms with Gasteiger partial charge in [-0.25, -0.2) is 0 Å². The Bertz CT molecular complexity index is 1100. The summed E-state index contributed by atoms with van der Waals surface area (Å²) in [6.45, 7) is 0. The maximum absolute atomic E-state index is 11.6. The summed E-state index contributed by atoms with van der Waals surface area (Å²) < 4.78 is 0. The molecule has 0 saturated heterocycles. The quantitative estimate of drug-likeness (QED) is 0.404. The highest BCUT2D eigenvalue weighted by atomic mass is 16.6. The zero-order chi connectivity index (χ0) is 16.7. The van der Waals surface area contributed by atoms with Crippen molar-refractivity contribution in [2.24, 2.45) is 0 Å². The molecule has 4 rings (SSSR count). The summed E-state index contributed by atoms with van der Waals surface area (Å²) in [6.07, 6.45) is 0. The fraction of sp³-hybridized carbons (Fsp3) is 0. The lowest BCUT2D eigenvalue weighted by atomic mass is 9.92. The molecule has 0 spiro atoms. The molecule has 0 aliphatic carbocycles. The van der Waals surface area contributed by atoms with Gasteiger partial charge in [0.05, 0.1) is 10.5 Å². The van der Waals surface area contributed by atoms with Gasteiger partial charge in [-0.2, -0.15) is 0 Å². The summed E-state index contributed by atoms with van der Waals surface area (Å²) in [5, 5.41) is 25.5. The molecule has 116 valence electrons. The number of rotatable bonds is 2. The second-order valence-electron chi connectivity index (χ2n) is 5.62. The molecule has 4 aromatic rings. The normalized spacial score (nSPS) is 11.0. The standard InChI is InChI=1S/C20H13NO3/c22-18-12-10-14-6-2-4-8-16(14)20(18)19-15-7-3-1-5-13(15)9-11-17(19)21(23)24/h1-12,22H. The summed E-state index contributed by atoms with van der Waals surface area (Å²) in [5.74, 6) is 0.0353. The van der Waals surface area contributed by atoms with Gasteiger partial charge in [0.1, 0.15) is 5.75 Å². The number of aromatic hydroxyl groups is 1. The third-order valence-corrected chi connectivity index (χ3v) is 4.26. The largest absolute Gasteiger partial charge is 0.507 e. The van der Waals surface area contributed by atoms with Crippen LogP contribution in [0.2, 0.25) is 0 Å². The molecule has 0 heterocycles.